The first-order chi connectivity index (χ1) is 10.0. The molecule has 1 amide bonds. The summed E-state index contributed by atoms with van der Waals surface area (Å²) in [5.74, 6) is 0.759. The molecule has 0 saturated carbocycles. The third-order valence-corrected chi connectivity index (χ3v) is 4.26. The van der Waals surface area contributed by atoms with Crippen molar-refractivity contribution in [1.29, 1.82) is 0 Å². The van der Waals surface area contributed by atoms with Gasteiger partial charge in [-0.1, -0.05) is 23.7 Å². The summed E-state index contributed by atoms with van der Waals surface area (Å²) in [6, 6.07) is 13.0. The highest BCUT2D eigenvalue weighted by Gasteiger charge is 2.15. The van der Waals surface area contributed by atoms with E-state index in [2.05, 4.69) is 22.6 Å². The normalized spacial score (nSPS) is 10.3. The Morgan fingerprint density at radius 2 is 1.90 bits per heavy atom. The van der Waals surface area contributed by atoms with Gasteiger partial charge in [0.2, 0.25) is 0 Å². The van der Waals surface area contributed by atoms with E-state index in [1.807, 2.05) is 30.3 Å². The maximum Gasteiger partial charge on any atom is 0.255 e. The number of benzene rings is 2. The van der Waals surface area contributed by atoms with E-state index in [4.69, 9.17) is 16.3 Å². The van der Waals surface area contributed by atoms with Gasteiger partial charge in [-0.05, 0) is 58.5 Å². The number of carbonyl (C=O) groups is 1. The maximum atomic E-state index is 12.5. The third-order valence-electron chi connectivity index (χ3n) is 3.08. The molecule has 5 heteroatoms. The molecule has 0 bridgehead atoms. The van der Waals surface area contributed by atoms with Gasteiger partial charge in [0.05, 0.1) is 12.7 Å². The zero-order valence-corrected chi connectivity index (χ0v) is 14.7. The number of carbonyl (C=O) groups excluding carboxylic acids is 1. The lowest BCUT2D eigenvalue weighted by Crippen LogP contribution is -2.26. The van der Waals surface area contributed by atoms with Crippen LogP contribution in [0.1, 0.15) is 15.9 Å². The molecule has 0 radical (unpaired) electrons. The second-order valence-corrected chi connectivity index (χ2v) is 6.23. The molecule has 0 aliphatic rings. The molecule has 2 aromatic carbocycles. The van der Waals surface area contributed by atoms with Crippen molar-refractivity contribution in [2.45, 2.75) is 6.54 Å². The highest BCUT2D eigenvalue weighted by Crippen LogP contribution is 2.20. The fourth-order valence-electron chi connectivity index (χ4n) is 1.94. The van der Waals surface area contributed by atoms with Crippen molar-refractivity contribution in [3.8, 4) is 5.75 Å². The average molecular weight is 416 g/mol. The second kappa shape index (κ2) is 7.13. The summed E-state index contributed by atoms with van der Waals surface area (Å²) in [6.07, 6.45) is 0. The minimum absolute atomic E-state index is 0.0438. The molecule has 2 aromatic rings. The van der Waals surface area contributed by atoms with Crippen LogP contribution in [-0.4, -0.2) is 25.0 Å². The van der Waals surface area contributed by atoms with Gasteiger partial charge in [0.25, 0.3) is 5.91 Å². The van der Waals surface area contributed by atoms with E-state index in [0.29, 0.717) is 17.1 Å². The molecule has 0 aliphatic carbocycles. The van der Waals surface area contributed by atoms with Gasteiger partial charge in [-0.25, -0.2) is 0 Å². The first-order valence-electron chi connectivity index (χ1n) is 6.34. The Bertz CT molecular complexity index is 643. The zero-order chi connectivity index (χ0) is 15.4. The molecule has 3 nitrogen and oxygen atoms in total. The molecular formula is C16H15ClINO2. The lowest BCUT2D eigenvalue weighted by atomic mass is 10.1. The van der Waals surface area contributed by atoms with Crippen LogP contribution < -0.4 is 4.74 Å². The van der Waals surface area contributed by atoms with E-state index in [-0.39, 0.29) is 5.91 Å². The Labute approximate surface area is 143 Å². The number of rotatable bonds is 4. The summed E-state index contributed by atoms with van der Waals surface area (Å²) >= 11 is 8.11. The van der Waals surface area contributed by atoms with Gasteiger partial charge >= 0.3 is 0 Å². The molecular weight excluding hydrogens is 401 g/mol. The summed E-state index contributed by atoms with van der Waals surface area (Å²) in [5, 5.41) is 0.566. The molecule has 0 heterocycles. The molecule has 0 atom stereocenters. The number of hydrogen-bond donors (Lipinski definition) is 0. The number of methoxy groups -OCH3 is 1. The standard InChI is InChI=1S/C16H15ClINO2/c1-19(10-11-3-6-13(21-2)7-4-11)16(20)14-9-12(17)5-8-15(14)18/h3-9H,10H2,1-2H3. The molecule has 0 spiro atoms. The molecule has 0 saturated heterocycles. The second-order valence-electron chi connectivity index (χ2n) is 4.63. The van der Waals surface area contributed by atoms with Gasteiger partial charge in [-0.15, -0.1) is 0 Å². The average Bonchev–Trinajstić information content (AvgIpc) is 2.49. The van der Waals surface area contributed by atoms with Crippen molar-refractivity contribution in [2.75, 3.05) is 14.2 Å². The van der Waals surface area contributed by atoms with E-state index in [9.17, 15) is 4.79 Å². The Balaban J connectivity index is 2.13. The smallest absolute Gasteiger partial charge is 0.255 e. The fraction of sp³-hybridized carbons (Fsp3) is 0.188. The van der Waals surface area contributed by atoms with E-state index in [1.54, 1.807) is 31.2 Å². The van der Waals surface area contributed by atoms with Crippen molar-refractivity contribution in [2.24, 2.45) is 0 Å². The number of ether oxygens (including phenoxy) is 1. The van der Waals surface area contributed by atoms with Crippen molar-refractivity contribution in [3.05, 3.63) is 62.2 Å². The first kappa shape index (κ1) is 16.1. The van der Waals surface area contributed by atoms with Crippen LogP contribution in [0.25, 0.3) is 0 Å². The summed E-state index contributed by atoms with van der Waals surface area (Å²) in [7, 11) is 3.41. The van der Waals surface area contributed by atoms with Crippen LogP contribution in [0.15, 0.2) is 42.5 Å². The van der Waals surface area contributed by atoms with Crippen LogP contribution in [0.3, 0.4) is 0 Å². The van der Waals surface area contributed by atoms with Gasteiger partial charge in [0, 0.05) is 22.2 Å². The Hall–Kier alpha value is -1.27. The zero-order valence-electron chi connectivity index (χ0n) is 11.8. The van der Waals surface area contributed by atoms with Gasteiger partial charge in [-0.3, -0.25) is 4.79 Å². The minimum Gasteiger partial charge on any atom is -0.497 e. The quantitative estimate of drug-likeness (QED) is 0.700. The molecule has 0 unspecified atom stereocenters. The number of halogens is 2. The molecule has 0 aliphatic heterocycles. The van der Waals surface area contributed by atoms with Crippen LogP contribution in [0.4, 0.5) is 0 Å². The van der Waals surface area contributed by atoms with Gasteiger partial charge in [-0.2, -0.15) is 0 Å². The highest BCUT2D eigenvalue weighted by atomic mass is 127. The van der Waals surface area contributed by atoms with Crippen molar-refractivity contribution >= 4 is 40.1 Å². The summed E-state index contributed by atoms with van der Waals surface area (Å²) in [4.78, 5) is 14.2. The summed E-state index contributed by atoms with van der Waals surface area (Å²) < 4.78 is 6.02. The van der Waals surface area contributed by atoms with E-state index >= 15 is 0 Å². The predicted molar refractivity (Wildman–Crippen MR) is 93.0 cm³/mol. The SMILES string of the molecule is COc1ccc(CN(C)C(=O)c2cc(Cl)ccc2I)cc1. The molecule has 0 N–H and O–H groups in total. The lowest BCUT2D eigenvalue weighted by molar-refractivity contribution is 0.0784. The van der Waals surface area contributed by atoms with Crippen LogP contribution in [0.5, 0.6) is 5.75 Å². The van der Waals surface area contributed by atoms with Crippen LogP contribution in [-0.2, 0) is 6.54 Å². The van der Waals surface area contributed by atoms with Crippen molar-refractivity contribution in [3.63, 3.8) is 0 Å². The first-order valence-corrected chi connectivity index (χ1v) is 7.80. The van der Waals surface area contributed by atoms with Crippen LogP contribution >= 0.6 is 34.2 Å². The highest BCUT2D eigenvalue weighted by molar-refractivity contribution is 14.1. The van der Waals surface area contributed by atoms with E-state index in [0.717, 1.165) is 14.9 Å². The topological polar surface area (TPSA) is 29.5 Å². The fourth-order valence-corrected chi connectivity index (χ4v) is 2.68. The molecule has 21 heavy (non-hydrogen) atoms. The Kier molecular flexibility index (Phi) is 5.47. The van der Waals surface area contributed by atoms with Crippen LogP contribution in [0.2, 0.25) is 5.02 Å². The summed E-state index contributed by atoms with van der Waals surface area (Å²) in [5.41, 5.74) is 1.67. The van der Waals surface area contributed by atoms with Crippen molar-refractivity contribution in [1.82, 2.24) is 4.90 Å². The summed E-state index contributed by atoms with van der Waals surface area (Å²) in [6.45, 7) is 0.533. The molecule has 0 aromatic heterocycles. The van der Waals surface area contributed by atoms with Gasteiger partial charge < -0.3 is 9.64 Å². The van der Waals surface area contributed by atoms with Crippen molar-refractivity contribution < 1.29 is 9.53 Å². The monoisotopic (exact) mass is 415 g/mol. The Morgan fingerprint density at radius 3 is 2.52 bits per heavy atom. The minimum atomic E-state index is -0.0438. The van der Waals surface area contributed by atoms with Gasteiger partial charge in [0.1, 0.15) is 5.75 Å². The van der Waals surface area contributed by atoms with E-state index < -0.39 is 0 Å². The molecule has 0 fully saturated rings. The Morgan fingerprint density at radius 1 is 1.24 bits per heavy atom. The number of amides is 1. The third kappa shape index (κ3) is 4.11. The molecule has 2 rings (SSSR count). The maximum absolute atomic E-state index is 12.5. The molecule has 110 valence electrons. The van der Waals surface area contributed by atoms with Gasteiger partial charge in [0.15, 0.2) is 0 Å². The lowest BCUT2D eigenvalue weighted by Gasteiger charge is -2.18. The van der Waals surface area contributed by atoms with Crippen LogP contribution in [0, 0.1) is 3.57 Å². The predicted octanol–water partition coefficient (Wildman–Crippen LogP) is 4.23. The number of hydrogen-bond acceptors (Lipinski definition) is 2. The largest absolute Gasteiger partial charge is 0.497 e. The van der Waals surface area contributed by atoms with E-state index in [1.165, 1.54) is 0 Å². The number of nitrogens with zero attached hydrogens (tertiary/aromatic N) is 1.